The summed E-state index contributed by atoms with van der Waals surface area (Å²) in [7, 11) is 1.85. The molecule has 0 amide bonds. The third-order valence-electron chi connectivity index (χ3n) is 2.21. The summed E-state index contributed by atoms with van der Waals surface area (Å²) in [4.78, 5) is 16.8. The zero-order valence-electron chi connectivity index (χ0n) is 8.86. The van der Waals surface area contributed by atoms with Gasteiger partial charge in [0.2, 0.25) is 0 Å². The number of carboxylic acid groups (broad SMARTS) is 1. The first-order chi connectivity index (χ1) is 6.93. The minimum absolute atomic E-state index is 0.0779. The Hall–Kier alpha value is -1.29. The van der Waals surface area contributed by atoms with Gasteiger partial charge in [-0.05, 0) is 19.9 Å². The van der Waals surface area contributed by atoms with E-state index < -0.39 is 5.97 Å². The number of pyridine rings is 1. The predicted octanol–water partition coefficient (Wildman–Crippen LogP) is 2.28. The first-order valence-electron chi connectivity index (χ1n) is 4.55. The summed E-state index contributed by atoms with van der Waals surface area (Å²) in [5.74, 6) is -0.437. The van der Waals surface area contributed by atoms with Crippen molar-refractivity contribution in [2.75, 3.05) is 11.9 Å². The van der Waals surface area contributed by atoms with E-state index in [2.05, 4.69) is 4.98 Å². The molecule has 0 bridgehead atoms. The first-order valence-corrected chi connectivity index (χ1v) is 4.93. The van der Waals surface area contributed by atoms with Crippen molar-refractivity contribution in [3.63, 3.8) is 0 Å². The van der Waals surface area contributed by atoms with Crippen LogP contribution in [0.4, 0.5) is 5.82 Å². The van der Waals surface area contributed by atoms with Crippen LogP contribution in [0.25, 0.3) is 0 Å². The fourth-order valence-electron chi connectivity index (χ4n) is 1.05. The van der Waals surface area contributed by atoms with Crippen LogP contribution < -0.4 is 4.90 Å². The highest BCUT2D eigenvalue weighted by atomic mass is 35.5. The van der Waals surface area contributed by atoms with E-state index in [0.29, 0.717) is 5.82 Å². The van der Waals surface area contributed by atoms with Crippen LogP contribution >= 0.6 is 11.6 Å². The highest BCUT2D eigenvalue weighted by Gasteiger charge is 2.13. The van der Waals surface area contributed by atoms with Crippen molar-refractivity contribution >= 4 is 23.4 Å². The zero-order chi connectivity index (χ0) is 11.6. The van der Waals surface area contributed by atoms with Crippen LogP contribution in [-0.2, 0) is 0 Å². The fourth-order valence-corrected chi connectivity index (χ4v) is 1.23. The van der Waals surface area contributed by atoms with E-state index in [1.54, 1.807) is 0 Å². The highest BCUT2D eigenvalue weighted by molar-refractivity contribution is 6.33. The van der Waals surface area contributed by atoms with Crippen LogP contribution in [0.5, 0.6) is 0 Å². The smallest absolute Gasteiger partial charge is 0.337 e. The maximum Gasteiger partial charge on any atom is 0.337 e. The summed E-state index contributed by atoms with van der Waals surface area (Å²) in [5, 5.41) is 9.04. The van der Waals surface area contributed by atoms with Crippen molar-refractivity contribution in [2.45, 2.75) is 19.9 Å². The lowest BCUT2D eigenvalue weighted by Gasteiger charge is -2.22. The van der Waals surface area contributed by atoms with Gasteiger partial charge in [-0.3, -0.25) is 0 Å². The SMILES string of the molecule is CC(C)N(C)c1cc(C(=O)O)c(Cl)cn1. The van der Waals surface area contributed by atoms with E-state index in [1.807, 2.05) is 25.8 Å². The van der Waals surface area contributed by atoms with E-state index in [0.717, 1.165) is 0 Å². The molecule has 15 heavy (non-hydrogen) atoms. The van der Waals surface area contributed by atoms with Crippen molar-refractivity contribution in [2.24, 2.45) is 0 Å². The summed E-state index contributed by atoms with van der Waals surface area (Å²) < 4.78 is 0. The molecule has 1 heterocycles. The first kappa shape index (κ1) is 11.8. The van der Waals surface area contributed by atoms with Gasteiger partial charge in [0, 0.05) is 19.3 Å². The molecule has 0 spiro atoms. The lowest BCUT2D eigenvalue weighted by Crippen LogP contribution is -2.26. The molecular weight excluding hydrogens is 216 g/mol. The van der Waals surface area contributed by atoms with Gasteiger partial charge >= 0.3 is 5.97 Å². The average Bonchev–Trinajstić information content (AvgIpc) is 2.16. The van der Waals surface area contributed by atoms with E-state index >= 15 is 0 Å². The van der Waals surface area contributed by atoms with Crippen molar-refractivity contribution in [3.8, 4) is 0 Å². The molecule has 0 saturated heterocycles. The van der Waals surface area contributed by atoms with Crippen LogP contribution in [0.2, 0.25) is 5.02 Å². The van der Waals surface area contributed by atoms with Gasteiger partial charge < -0.3 is 10.0 Å². The standard InChI is InChI=1S/C10H13ClN2O2/c1-6(2)13(3)9-4-7(10(14)15)8(11)5-12-9/h4-6H,1-3H3,(H,14,15). The van der Waals surface area contributed by atoms with Crippen LogP contribution in [0.3, 0.4) is 0 Å². The molecule has 0 aliphatic rings. The number of aromatic nitrogens is 1. The number of carboxylic acids is 1. The fraction of sp³-hybridized carbons (Fsp3) is 0.400. The average molecular weight is 229 g/mol. The number of anilines is 1. The summed E-state index contributed by atoms with van der Waals surface area (Å²) in [6, 6.07) is 1.73. The molecule has 0 radical (unpaired) electrons. The predicted molar refractivity (Wildman–Crippen MR) is 59.7 cm³/mol. The Kier molecular flexibility index (Phi) is 3.52. The summed E-state index contributed by atoms with van der Waals surface area (Å²) in [6.07, 6.45) is 1.36. The van der Waals surface area contributed by atoms with Gasteiger partial charge in [0.15, 0.2) is 0 Å². The Morgan fingerprint density at radius 2 is 2.20 bits per heavy atom. The number of rotatable bonds is 3. The number of halogens is 1. The summed E-state index contributed by atoms with van der Waals surface area (Å²) in [6.45, 7) is 3.99. The van der Waals surface area contributed by atoms with E-state index in [9.17, 15) is 4.79 Å². The van der Waals surface area contributed by atoms with Crippen molar-refractivity contribution in [3.05, 3.63) is 22.8 Å². The molecule has 0 aliphatic heterocycles. The Balaban J connectivity index is 3.13. The molecule has 0 saturated carbocycles. The molecular formula is C10H13ClN2O2. The quantitative estimate of drug-likeness (QED) is 0.863. The van der Waals surface area contributed by atoms with Gasteiger partial charge in [0.05, 0.1) is 10.6 Å². The number of hydrogen-bond acceptors (Lipinski definition) is 3. The topological polar surface area (TPSA) is 53.4 Å². The third kappa shape index (κ3) is 2.59. The second kappa shape index (κ2) is 4.49. The molecule has 0 aromatic carbocycles. The number of nitrogens with zero attached hydrogens (tertiary/aromatic N) is 2. The molecule has 0 unspecified atom stereocenters. The Labute approximate surface area is 93.5 Å². The van der Waals surface area contributed by atoms with Crippen molar-refractivity contribution in [1.29, 1.82) is 0 Å². The van der Waals surface area contributed by atoms with Gasteiger partial charge in [0.25, 0.3) is 0 Å². The molecule has 0 fully saturated rings. The van der Waals surface area contributed by atoms with Crippen LogP contribution in [0, 0.1) is 0 Å². The summed E-state index contributed by atoms with van der Waals surface area (Å²) in [5.41, 5.74) is 0.0779. The highest BCUT2D eigenvalue weighted by Crippen LogP contribution is 2.20. The van der Waals surface area contributed by atoms with E-state index in [1.165, 1.54) is 12.3 Å². The zero-order valence-corrected chi connectivity index (χ0v) is 9.62. The van der Waals surface area contributed by atoms with E-state index in [4.69, 9.17) is 16.7 Å². The van der Waals surface area contributed by atoms with Gasteiger partial charge in [-0.2, -0.15) is 0 Å². The van der Waals surface area contributed by atoms with Crippen LogP contribution in [0.15, 0.2) is 12.3 Å². The van der Waals surface area contributed by atoms with Crippen LogP contribution in [0.1, 0.15) is 24.2 Å². The van der Waals surface area contributed by atoms with Gasteiger partial charge in [-0.25, -0.2) is 9.78 Å². The van der Waals surface area contributed by atoms with Crippen molar-refractivity contribution < 1.29 is 9.90 Å². The number of hydrogen-bond donors (Lipinski definition) is 1. The summed E-state index contributed by atoms with van der Waals surface area (Å²) >= 11 is 5.71. The maximum absolute atomic E-state index is 10.8. The Morgan fingerprint density at radius 3 is 2.67 bits per heavy atom. The second-order valence-corrected chi connectivity index (χ2v) is 3.94. The third-order valence-corrected chi connectivity index (χ3v) is 2.51. The number of carbonyl (C=O) groups is 1. The van der Waals surface area contributed by atoms with Gasteiger partial charge in [0.1, 0.15) is 5.82 Å². The molecule has 1 aromatic heterocycles. The molecule has 0 atom stereocenters. The normalized spacial score (nSPS) is 10.5. The molecule has 5 heteroatoms. The molecule has 1 N–H and O–H groups in total. The monoisotopic (exact) mass is 228 g/mol. The maximum atomic E-state index is 10.8. The minimum Gasteiger partial charge on any atom is -0.478 e. The van der Waals surface area contributed by atoms with Gasteiger partial charge in [-0.1, -0.05) is 11.6 Å². The second-order valence-electron chi connectivity index (χ2n) is 3.53. The largest absolute Gasteiger partial charge is 0.478 e. The minimum atomic E-state index is -1.04. The Morgan fingerprint density at radius 1 is 1.60 bits per heavy atom. The lowest BCUT2D eigenvalue weighted by atomic mass is 10.2. The molecule has 82 valence electrons. The van der Waals surface area contributed by atoms with E-state index in [-0.39, 0.29) is 16.6 Å². The molecule has 1 aromatic rings. The molecule has 0 aliphatic carbocycles. The Bertz CT molecular complexity index is 380. The molecule has 1 rings (SSSR count). The van der Waals surface area contributed by atoms with Crippen molar-refractivity contribution in [1.82, 2.24) is 4.98 Å². The molecule has 4 nitrogen and oxygen atoms in total. The van der Waals surface area contributed by atoms with Crippen LogP contribution in [-0.4, -0.2) is 29.1 Å². The number of aromatic carboxylic acids is 1. The van der Waals surface area contributed by atoms with Gasteiger partial charge in [-0.15, -0.1) is 0 Å². The lowest BCUT2D eigenvalue weighted by molar-refractivity contribution is 0.0697.